The molecule has 0 aromatic heterocycles. The second kappa shape index (κ2) is 70.1. The van der Waals surface area contributed by atoms with E-state index in [2.05, 4.69) is 167 Å². The maximum Gasteiger partial charge on any atom is 0.472 e. The van der Waals surface area contributed by atoms with Crippen LogP contribution in [0, 0.1) is 0 Å². The molecule has 3 N–H and O–H groups in total. The van der Waals surface area contributed by atoms with Crippen molar-refractivity contribution in [2.45, 2.75) is 277 Å². The number of aliphatic hydroxyl groups is 1. The molecule has 0 fully saturated rings. The predicted molar refractivity (Wildman–Crippen MR) is 399 cm³/mol. The lowest BCUT2D eigenvalue weighted by molar-refractivity contribution is -0.161. The molecule has 0 spiro atoms. The molecule has 0 aromatic rings. The van der Waals surface area contributed by atoms with Crippen LogP contribution in [0.2, 0.25) is 0 Å². The van der Waals surface area contributed by atoms with Crippen molar-refractivity contribution in [3.63, 3.8) is 0 Å². The Balaban J connectivity index is 5.43. The van der Waals surface area contributed by atoms with Crippen LogP contribution in [0.4, 0.5) is 0 Å². The number of hydrogen-bond donors (Lipinski definition) is 3. The smallest absolute Gasteiger partial charge is 0.462 e. The number of esters is 4. The first-order valence-electron chi connectivity index (χ1n) is 36.7. The van der Waals surface area contributed by atoms with Gasteiger partial charge in [0.05, 0.1) is 26.4 Å². The van der Waals surface area contributed by atoms with Crippen LogP contribution in [0.3, 0.4) is 0 Å². The van der Waals surface area contributed by atoms with Crippen molar-refractivity contribution in [2.24, 2.45) is 0 Å². The van der Waals surface area contributed by atoms with E-state index in [0.717, 1.165) is 167 Å². The van der Waals surface area contributed by atoms with E-state index >= 15 is 0 Å². The van der Waals surface area contributed by atoms with E-state index in [-0.39, 0.29) is 25.7 Å². The summed E-state index contributed by atoms with van der Waals surface area (Å²) in [5.74, 6) is -2.36. The average Bonchev–Trinajstić information content (AvgIpc) is 1.00. The van der Waals surface area contributed by atoms with E-state index in [0.29, 0.717) is 32.1 Å². The van der Waals surface area contributed by atoms with E-state index in [1.807, 2.05) is 18.2 Å². The fourth-order valence-corrected chi connectivity index (χ4v) is 10.5. The highest BCUT2D eigenvalue weighted by molar-refractivity contribution is 7.47. The number of carbonyl (C=O) groups is 4. The van der Waals surface area contributed by atoms with Gasteiger partial charge in [0, 0.05) is 25.7 Å². The second-order valence-corrected chi connectivity index (χ2v) is 26.7. The topological polar surface area (TPSA) is 237 Å². The lowest BCUT2D eigenvalue weighted by Gasteiger charge is -2.21. The van der Waals surface area contributed by atoms with Gasteiger partial charge in [-0.2, -0.15) is 0 Å². The summed E-state index contributed by atoms with van der Waals surface area (Å²) in [5, 5.41) is 10.6. The monoisotopic (exact) mass is 1410 g/mol. The van der Waals surface area contributed by atoms with Gasteiger partial charge in [-0.05, 0) is 148 Å². The van der Waals surface area contributed by atoms with Crippen LogP contribution in [-0.2, 0) is 65.4 Å². The van der Waals surface area contributed by atoms with Crippen molar-refractivity contribution in [2.75, 3.05) is 39.6 Å². The fraction of sp³-hybridized carbons (Fsp3) is 0.620. The average molecular weight is 1410 g/mol. The van der Waals surface area contributed by atoms with Crippen LogP contribution in [0.5, 0.6) is 0 Å². The largest absolute Gasteiger partial charge is 0.472 e. The van der Waals surface area contributed by atoms with E-state index in [1.165, 1.54) is 6.42 Å². The molecule has 0 aliphatic carbocycles. The van der Waals surface area contributed by atoms with Crippen molar-refractivity contribution in [1.82, 2.24) is 0 Å². The Labute approximate surface area is 591 Å². The number of phosphoric ester groups is 2. The molecule has 98 heavy (non-hydrogen) atoms. The Kier molecular flexibility index (Phi) is 66.3. The molecule has 0 aromatic carbocycles. The van der Waals surface area contributed by atoms with Crippen LogP contribution in [0.15, 0.2) is 158 Å². The van der Waals surface area contributed by atoms with E-state index < -0.39 is 97.5 Å². The number of phosphoric acid groups is 2. The summed E-state index contributed by atoms with van der Waals surface area (Å²) in [6.45, 7) is 4.34. The third-order valence-electron chi connectivity index (χ3n) is 14.5. The summed E-state index contributed by atoms with van der Waals surface area (Å²) in [6, 6.07) is 0. The normalized spacial score (nSPS) is 14.9. The van der Waals surface area contributed by atoms with Gasteiger partial charge in [0.15, 0.2) is 12.2 Å². The molecule has 0 aliphatic heterocycles. The summed E-state index contributed by atoms with van der Waals surface area (Å²) < 4.78 is 68.2. The highest BCUT2D eigenvalue weighted by atomic mass is 31.2. The minimum absolute atomic E-state index is 0.0289. The highest BCUT2D eigenvalue weighted by Crippen LogP contribution is 2.45. The van der Waals surface area contributed by atoms with Crippen LogP contribution >= 0.6 is 15.6 Å². The molecule has 0 radical (unpaired) electrons. The molecule has 0 saturated carbocycles. The van der Waals surface area contributed by atoms with Crippen molar-refractivity contribution in [3.05, 3.63) is 158 Å². The molecule has 0 aliphatic rings. The zero-order valence-corrected chi connectivity index (χ0v) is 62.2. The zero-order chi connectivity index (χ0) is 71.8. The van der Waals surface area contributed by atoms with E-state index in [9.17, 15) is 43.2 Å². The Morgan fingerprint density at radius 2 is 0.571 bits per heavy atom. The molecule has 0 rings (SSSR count). The third-order valence-corrected chi connectivity index (χ3v) is 16.4. The molecule has 5 atom stereocenters. The quantitative estimate of drug-likeness (QED) is 0.0169. The molecule has 19 heteroatoms. The van der Waals surface area contributed by atoms with Gasteiger partial charge < -0.3 is 33.8 Å². The van der Waals surface area contributed by atoms with Gasteiger partial charge >= 0.3 is 39.5 Å². The van der Waals surface area contributed by atoms with Gasteiger partial charge in [-0.15, -0.1) is 0 Å². The number of carbonyl (C=O) groups excluding carboxylic acids is 4. The first-order chi connectivity index (χ1) is 47.7. The summed E-state index contributed by atoms with van der Waals surface area (Å²) >= 11 is 0. The molecule has 0 saturated heterocycles. The lowest BCUT2D eigenvalue weighted by Crippen LogP contribution is -2.30. The predicted octanol–water partition coefficient (Wildman–Crippen LogP) is 20.9. The van der Waals surface area contributed by atoms with Crippen LogP contribution in [-0.4, -0.2) is 96.7 Å². The first kappa shape index (κ1) is 92.7. The molecular formula is C79H128O17P2. The van der Waals surface area contributed by atoms with Gasteiger partial charge in [-0.1, -0.05) is 243 Å². The fourth-order valence-electron chi connectivity index (χ4n) is 8.90. The van der Waals surface area contributed by atoms with Gasteiger partial charge in [0.2, 0.25) is 0 Å². The second-order valence-electron chi connectivity index (χ2n) is 23.8. The molecule has 0 amide bonds. The van der Waals surface area contributed by atoms with Gasteiger partial charge in [0.25, 0.3) is 0 Å². The maximum atomic E-state index is 13.0. The van der Waals surface area contributed by atoms with E-state index in [1.54, 1.807) is 0 Å². The summed E-state index contributed by atoms with van der Waals surface area (Å²) in [6.07, 6.45) is 79.9. The number of unbranched alkanes of at least 4 members (excludes halogenated alkanes) is 15. The Morgan fingerprint density at radius 3 is 0.949 bits per heavy atom. The zero-order valence-electron chi connectivity index (χ0n) is 60.4. The maximum absolute atomic E-state index is 13.0. The highest BCUT2D eigenvalue weighted by Gasteiger charge is 2.30. The number of allylic oxidation sites excluding steroid dienone is 26. The van der Waals surface area contributed by atoms with Crippen LogP contribution < -0.4 is 0 Å². The molecule has 0 bridgehead atoms. The lowest BCUT2D eigenvalue weighted by atomic mass is 10.1. The molecule has 17 nitrogen and oxygen atoms in total. The van der Waals surface area contributed by atoms with Crippen molar-refractivity contribution >= 4 is 39.5 Å². The number of hydrogen-bond acceptors (Lipinski definition) is 15. The molecule has 556 valence electrons. The van der Waals surface area contributed by atoms with Crippen molar-refractivity contribution in [3.8, 4) is 0 Å². The number of rotatable bonds is 67. The van der Waals surface area contributed by atoms with Crippen molar-refractivity contribution in [1.29, 1.82) is 0 Å². The summed E-state index contributed by atoms with van der Waals surface area (Å²) in [7, 11) is -9.99. The minimum atomic E-state index is -5.00. The van der Waals surface area contributed by atoms with Crippen LogP contribution in [0.1, 0.15) is 259 Å². The molecular weight excluding hydrogens is 1280 g/mol. The Bertz CT molecular complexity index is 2480. The van der Waals surface area contributed by atoms with Crippen LogP contribution in [0.25, 0.3) is 0 Å². The third kappa shape index (κ3) is 69.2. The first-order valence-corrected chi connectivity index (χ1v) is 39.7. The minimum Gasteiger partial charge on any atom is -0.462 e. The number of aliphatic hydroxyl groups excluding tert-OH is 1. The molecule has 5 unspecified atom stereocenters. The SMILES string of the molecule is CC/C=C\C/C=C\C/C=C\C/C=C\C/C=C\C/C=C\CCC(=O)OCC(COP(=O)(O)OCC(O)COP(=O)(O)OCC(COC(=O)CCCC/C=C\C/C=C\C/C=C\C/C=C\CC)OC(=O)CCCCCCC/C=C\C/C=C\CCC)OC(=O)CCCCCCC/C=C\CCCC. The van der Waals surface area contributed by atoms with E-state index in [4.69, 9.17) is 37.0 Å². The van der Waals surface area contributed by atoms with Gasteiger partial charge in [-0.25, -0.2) is 9.13 Å². The Hall–Kier alpha value is -5.32. The van der Waals surface area contributed by atoms with Crippen molar-refractivity contribution < 1.29 is 80.2 Å². The standard InChI is InChI=1S/C79H128O17P2/c1-5-9-13-17-21-25-29-32-34-35-36-37-39-42-45-48-52-56-60-64-77(82)89-69-74(95-78(83)65-61-57-53-49-43-28-24-20-16-12-8-4)71-93-97(85,86)91-67-73(80)68-92-98(87,88)94-72-75(96-79(84)66-62-58-54-50-46-40-31-27-23-19-15-11-7-3)70-90-76(81)63-59-55-51-47-44-41-38-33-30-26-22-18-14-10-6-2/h9-10,13-15,19-22,24-27,31-34,36-38,42,44-45,47,52,56,73-75,80H,5-8,11-12,16-18,23,28-30,35,39-41,43,46,48-51,53-55,57-72H2,1-4H3,(H,85,86)(H,87,88)/b13-9-,14-10-,19-15-,24-20-,25-21-,26-22-,31-27-,34-32-,37-36-,38-33-,45-42-,47-44-,56-52-. The summed E-state index contributed by atoms with van der Waals surface area (Å²) in [4.78, 5) is 72.7. The molecule has 0 heterocycles. The number of ether oxygens (including phenoxy) is 4. The van der Waals surface area contributed by atoms with Gasteiger partial charge in [0.1, 0.15) is 19.3 Å². The van der Waals surface area contributed by atoms with Gasteiger partial charge in [-0.3, -0.25) is 37.3 Å². The Morgan fingerprint density at radius 1 is 0.296 bits per heavy atom. The summed E-state index contributed by atoms with van der Waals surface area (Å²) in [5.41, 5.74) is 0.